The van der Waals surface area contributed by atoms with E-state index < -0.39 is 0 Å². The molecule has 5 nitrogen and oxygen atoms in total. The van der Waals surface area contributed by atoms with E-state index in [1.165, 1.54) is 0 Å². The maximum atomic E-state index is 11.7. The molecular weight excluding hydrogens is 228 g/mol. The van der Waals surface area contributed by atoms with Crippen LogP contribution >= 0.6 is 0 Å². The Hall–Kier alpha value is -2.56. The average Bonchev–Trinajstić information content (AvgIpc) is 2.41. The maximum Gasteiger partial charge on any atom is 0.270 e. The normalized spacial score (nSPS) is 10.0. The molecule has 0 saturated heterocycles. The third-order valence-electron chi connectivity index (χ3n) is 2.50. The van der Waals surface area contributed by atoms with Gasteiger partial charge in [-0.2, -0.15) is 0 Å². The Morgan fingerprint density at radius 3 is 2.67 bits per heavy atom. The standard InChI is InChI=1S/C13H14N4O/c14-10-5-4-9(7-11(10)15)8-17-13(18)12-3-1-2-6-16-12/h1-7H,8,14-15H2,(H,17,18). The van der Waals surface area contributed by atoms with Gasteiger partial charge >= 0.3 is 0 Å². The fourth-order valence-electron chi connectivity index (χ4n) is 1.50. The van der Waals surface area contributed by atoms with E-state index in [1.54, 1.807) is 36.5 Å². The Bertz CT molecular complexity index is 554. The molecule has 92 valence electrons. The molecule has 0 aliphatic carbocycles. The highest BCUT2D eigenvalue weighted by Gasteiger charge is 2.05. The topological polar surface area (TPSA) is 94.0 Å². The number of hydrogen-bond donors (Lipinski definition) is 3. The van der Waals surface area contributed by atoms with Crippen molar-refractivity contribution in [3.63, 3.8) is 0 Å². The van der Waals surface area contributed by atoms with E-state index in [1.807, 2.05) is 6.07 Å². The average molecular weight is 242 g/mol. The Labute approximate surface area is 105 Å². The quantitative estimate of drug-likeness (QED) is 0.704. The number of pyridine rings is 1. The zero-order valence-corrected chi connectivity index (χ0v) is 9.76. The van der Waals surface area contributed by atoms with Crippen LogP contribution in [0.1, 0.15) is 16.1 Å². The van der Waals surface area contributed by atoms with Crippen molar-refractivity contribution in [2.24, 2.45) is 0 Å². The molecular formula is C13H14N4O. The SMILES string of the molecule is Nc1ccc(CNC(=O)c2ccccn2)cc1N. The minimum Gasteiger partial charge on any atom is -0.397 e. The van der Waals surface area contributed by atoms with Crippen LogP contribution in [0.4, 0.5) is 11.4 Å². The summed E-state index contributed by atoms with van der Waals surface area (Å²) in [6, 6.07) is 10.5. The lowest BCUT2D eigenvalue weighted by atomic mass is 10.1. The summed E-state index contributed by atoms with van der Waals surface area (Å²) >= 11 is 0. The molecule has 5 heteroatoms. The van der Waals surface area contributed by atoms with Crippen LogP contribution in [0, 0.1) is 0 Å². The maximum absolute atomic E-state index is 11.7. The number of nitrogens with one attached hydrogen (secondary N) is 1. The van der Waals surface area contributed by atoms with Gasteiger partial charge in [0.15, 0.2) is 0 Å². The molecule has 0 fully saturated rings. The van der Waals surface area contributed by atoms with E-state index in [-0.39, 0.29) is 5.91 Å². The second-order valence-corrected chi connectivity index (χ2v) is 3.86. The third kappa shape index (κ3) is 2.76. The van der Waals surface area contributed by atoms with Gasteiger partial charge in [-0.05, 0) is 29.8 Å². The first-order chi connectivity index (χ1) is 8.66. The van der Waals surface area contributed by atoms with Gasteiger partial charge in [0, 0.05) is 12.7 Å². The monoisotopic (exact) mass is 242 g/mol. The van der Waals surface area contributed by atoms with E-state index in [0.717, 1.165) is 5.56 Å². The van der Waals surface area contributed by atoms with E-state index in [9.17, 15) is 4.79 Å². The number of nitrogens with zero attached hydrogens (tertiary/aromatic N) is 1. The number of rotatable bonds is 3. The largest absolute Gasteiger partial charge is 0.397 e. The van der Waals surface area contributed by atoms with Crippen molar-refractivity contribution in [1.82, 2.24) is 10.3 Å². The molecule has 0 radical (unpaired) electrons. The first kappa shape index (κ1) is 11.9. The number of hydrogen-bond acceptors (Lipinski definition) is 4. The lowest BCUT2D eigenvalue weighted by molar-refractivity contribution is 0.0946. The van der Waals surface area contributed by atoms with Gasteiger partial charge in [-0.15, -0.1) is 0 Å². The summed E-state index contributed by atoms with van der Waals surface area (Å²) < 4.78 is 0. The van der Waals surface area contributed by atoms with Crippen molar-refractivity contribution in [1.29, 1.82) is 0 Å². The van der Waals surface area contributed by atoms with Crippen molar-refractivity contribution in [2.45, 2.75) is 6.54 Å². The minimum absolute atomic E-state index is 0.217. The summed E-state index contributed by atoms with van der Waals surface area (Å²) in [6.07, 6.45) is 1.58. The molecule has 0 unspecified atom stereocenters. The molecule has 0 spiro atoms. The molecule has 2 aromatic rings. The zero-order valence-electron chi connectivity index (χ0n) is 9.76. The number of benzene rings is 1. The first-order valence-corrected chi connectivity index (χ1v) is 5.50. The first-order valence-electron chi connectivity index (χ1n) is 5.50. The van der Waals surface area contributed by atoms with Crippen molar-refractivity contribution < 1.29 is 4.79 Å². The molecule has 1 amide bonds. The molecule has 2 rings (SSSR count). The Morgan fingerprint density at radius 2 is 2.00 bits per heavy atom. The molecule has 1 heterocycles. The predicted octanol–water partition coefficient (Wildman–Crippen LogP) is 1.18. The van der Waals surface area contributed by atoms with Crippen LogP contribution < -0.4 is 16.8 Å². The second kappa shape index (κ2) is 5.18. The van der Waals surface area contributed by atoms with Crippen LogP contribution in [-0.2, 0) is 6.54 Å². The lowest BCUT2D eigenvalue weighted by Crippen LogP contribution is -2.23. The number of anilines is 2. The number of nitrogens with two attached hydrogens (primary N) is 2. The summed E-state index contributed by atoms with van der Waals surface area (Å²) in [6.45, 7) is 0.389. The van der Waals surface area contributed by atoms with Gasteiger partial charge in [0.25, 0.3) is 5.91 Å². The molecule has 0 aliphatic heterocycles. The highest BCUT2D eigenvalue weighted by molar-refractivity contribution is 5.92. The highest BCUT2D eigenvalue weighted by Crippen LogP contribution is 2.15. The minimum atomic E-state index is -0.217. The Kier molecular flexibility index (Phi) is 3.43. The van der Waals surface area contributed by atoms with E-state index in [4.69, 9.17) is 11.5 Å². The Morgan fingerprint density at radius 1 is 1.17 bits per heavy atom. The van der Waals surface area contributed by atoms with Gasteiger partial charge in [-0.1, -0.05) is 12.1 Å². The molecule has 0 bridgehead atoms. The Balaban J connectivity index is 1.99. The van der Waals surface area contributed by atoms with Crippen LogP contribution in [0.25, 0.3) is 0 Å². The summed E-state index contributed by atoms with van der Waals surface area (Å²) in [4.78, 5) is 15.7. The second-order valence-electron chi connectivity index (χ2n) is 3.86. The van der Waals surface area contributed by atoms with Crippen molar-refractivity contribution in [3.05, 3.63) is 53.9 Å². The summed E-state index contributed by atoms with van der Waals surface area (Å²) in [5.74, 6) is -0.217. The van der Waals surface area contributed by atoms with E-state index in [0.29, 0.717) is 23.6 Å². The van der Waals surface area contributed by atoms with Crippen LogP contribution in [0.3, 0.4) is 0 Å². The number of carbonyl (C=O) groups excluding carboxylic acids is 1. The van der Waals surface area contributed by atoms with Crippen molar-refractivity contribution in [2.75, 3.05) is 11.5 Å². The van der Waals surface area contributed by atoms with Gasteiger partial charge < -0.3 is 16.8 Å². The fraction of sp³-hybridized carbons (Fsp3) is 0.0769. The number of amides is 1. The van der Waals surface area contributed by atoms with Crippen LogP contribution in [0.2, 0.25) is 0 Å². The molecule has 0 aliphatic rings. The number of nitrogen functional groups attached to an aromatic ring is 2. The molecule has 0 atom stereocenters. The third-order valence-corrected chi connectivity index (χ3v) is 2.50. The van der Waals surface area contributed by atoms with Crippen LogP contribution in [0.5, 0.6) is 0 Å². The highest BCUT2D eigenvalue weighted by atomic mass is 16.1. The molecule has 5 N–H and O–H groups in total. The van der Waals surface area contributed by atoms with Gasteiger partial charge in [-0.25, -0.2) is 0 Å². The van der Waals surface area contributed by atoms with Gasteiger partial charge in [0.05, 0.1) is 11.4 Å². The molecule has 1 aromatic heterocycles. The van der Waals surface area contributed by atoms with E-state index in [2.05, 4.69) is 10.3 Å². The van der Waals surface area contributed by atoms with Crippen molar-refractivity contribution >= 4 is 17.3 Å². The van der Waals surface area contributed by atoms with Crippen LogP contribution in [-0.4, -0.2) is 10.9 Å². The summed E-state index contributed by atoms with van der Waals surface area (Å²) in [5.41, 5.74) is 13.6. The van der Waals surface area contributed by atoms with Crippen LogP contribution in [0.15, 0.2) is 42.6 Å². The van der Waals surface area contributed by atoms with Gasteiger partial charge in [0.1, 0.15) is 5.69 Å². The molecule has 0 saturated carbocycles. The number of aromatic nitrogens is 1. The predicted molar refractivity (Wildman–Crippen MR) is 70.7 cm³/mol. The van der Waals surface area contributed by atoms with E-state index >= 15 is 0 Å². The molecule has 18 heavy (non-hydrogen) atoms. The number of carbonyl (C=O) groups is 1. The van der Waals surface area contributed by atoms with Gasteiger partial charge in [0.2, 0.25) is 0 Å². The summed E-state index contributed by atoms with van der Waals surface area (Å²) in [5, 5.41) is 2.76. The lowest BCUT2D eigenvalue weighted by Gasteiger charge is -2.06. The fourth-order valence-corrected chi connectivity index (χ4v) is 1.50. The smallest absolute Gasteiger partial charge is 0.270 e. The van der Waals surface area contributed by atoms with Crippen molar-refractivity contribution in [3.8, 4) is 0 Å². The molecule has 1 aromatic carbocycles. The van der Waals surface area contributed by atoms with Gasteiger partial charge in [-0.3, -0.25) is 9.78 Å². The summed E-state index contributed by atoms with van der Waals surface area (Å²) in [7, 11) is 0. The zero-order chi connectivity index (χ0) is 13.0.